The number of ether oxygens (including phenoxy) is 1. The third kappa shape index (κ3) is 3.41. The summed E-state index contributed by atoms with van der Waals surface area (Å²) in [4.78, 5) is 22.3. The van der Waals surface area contributed by atoms with E-state index in [1.807, 2.05) is 0 Å². The summed E-state index contributed by atoms with van der Waals surface area (Å²) in [7, 11) is 0. The fraction of sp³-hybridized carbons (Fsp3) is 0.250. The van der Waals surface area contributed by atoms with Gasteiger partial charge in [0.2, 0.25) is 0 Å². The van der Waals surface area contributed by atoms with E-state index < -0.39 is 23.6 Å². The number of carbonyl (C=O) groups excluding carboxylic acids is 1. The molecule has 5 nitrogen and oxygen atoms in total. The summed E-state index contributed by atoms with van der Waals surface area (Å²) in [5.41, 5.74) is -0.645. The van der Waals surface area contributed by atoms with E-state index in [1.165, 1.54) is 0 Å². The third-order valence-corrected chi connectivity index (χ3v) is 2.23. The largest absolute Gasteiger partial charge is 0.477 e. The van der Waals surface area contributed by atoms with Crippen molar-refractivity contribution in [2.24, 2.45) is 5.92 Å². The van der Waals surface area contributed by atoms with Crippen LogP contribution in [0.4, 0.5) is 0 Å². The van der Waals surface area contributed by atoms with Crippen LogP contribution < -0.4 is 4.74 Å². The van der Waals surface area contributed by atoms with Crippen LogP contribution in [0.2, 0.25) is 0 Å². The maximum atomic E-state index is 11.7. The molecule has 0 fully saturated rings. The van der Waals surface area contributed by atoms with Crippen molar-refractivity contribution in [3.05, 3.63) is 30.3 Å². The van der Waals surface area contributed by atoms with E-state index in [4.69, 9.17) is 15.3 Å². The second-order valence-corrected chi connectivity index (χ2v) is 3.41. The molecule has 1 unspecified atom stereocenters. The first-order valence-corrected chi connectivity index (χ1v) is 5.14. The molecule has 0 heterocycles. The number of benzene rings is 1. The van der Waals surface area contributed by atoms with Crippen molar-refractivity contribution in [2.75, 3.05) is 0 Å². The van der Waals surface area contributed by atoms with Crippen LogP contribution in [-0.2, 0) is 9.59 Å². The van der Waals surface area contributed by atoms with Gasteiger partial charge in [-0.15, -0.1) is 0 Å². The van der Waals surface area contributed by atoms with Gasteiger partial charge >= 0.3 is 11.9 Å². The molecule has 1 rings (SSSR count). The van der Waals surface area contributed by atoms with Gasteiger partial charge in [0.15, 0.2) is 0 Å². The lowest BCUT2D eigenvalue weighted by molar-refractivity contribution is -0.138. The van der Waals surface area contributed by atoms with Crippen molar-refractivity contribution in [3.8, 4) is 5.75 Å². The number of rotatable bonds is 5. The van der Waals surface area contributed by atoms with Crippen LogP contribution in [0.15, 0.2) is 30.3 Å². The quantitative estimate of drug-likeness (QED) is 0.462. The molecule has 0 saturated heterocycles. The van der Waals surface area contributed by atoms with Crippen LogP contribution in [0, 0.1) is 11.3 Å². The fourth-order valence-electron chi connectivity index (χ4n) is 1.31. The molecule has 1 aromatic carbocycles. The molecule has 90 valence electrons. The highest BCUT2D eigenvalue weighted by Crippen LogP contribution is 2.14. The zero-order valence-corrected chi connectivity index (χ0v) is 9.34. The molecular weight excluding hydrogens is 222 g/mol. The Balaban J connectivity index is 2.75. The lowest BCUT2D eigenvalue weighted by Crippen LogP contribution is -2.32. The highest BCUT2D eigenvalue weighted by atomic mass is 16.5. The molecule has 17 heavy (non-hydrogen) atoms. The first-order valence-electron chi connectivity index (χ1n) is 5.14. The molecule has 0 radical (unpaired) electrons. The van der Waals surface area contributed by atoms with E-state index in [0.717, 1.165) is 0 Å². The maximum absolute atomic E-state index is 11.7. The van der Waals surface area contributed by atoms with Crippen LogP contribution in [0.1, 0.15) is 13.3 Å². The Labute approximate surface area is 98.5 Å². The van der Waals surface area contributed by atoms with E-state index in [1.54, 1.807) is 37.3 Å². The lowest BCUT2D eigenvalue weighted by atomic mass is 10.0. The van der Waals surface area contributed by atoms with Gasteiger partial charge in [-0.1, -0.05) is 25.1 Å². The van der Waals surface area contributed by atoms with Gasteiger partial charge in [0.1, 0.15) is 17.4 Å². The molecule has 1 atom stereocenters. The highest BCUT2D eigenvalue weighted by Gasteiger charge is 2.28. The Morgan fingerprint density at radius 2 is 1.94 bits per heavy atom. The monoisotopic (exact) mass is 235 g/mol. The van der Waals surface area contributed by atoms with Crippen molar-refractivity contribution in [1.82, 2.24) is 0 Å². The smallest absolute Gasteiger partial charge is 0.350 e. The van der Waals surface area contributed by atoms with Gasteiger partial charge in [-0.05, 0) is 18.6 Å². The van der Waals surface area contributed by atoms with Gasteiger partial charge in [0, 0.05) is 0 Å². The van der Waals surface area contributed by atoms with E-state index in [2.05, 4.69) is 0 Å². The minimum absolute atomic E-state index is 0.219. The van der Waals surface area contributed by atoms with Crippen molar-refractivity contribution < 1.29 is 19.4 Å². The van der Waals surface area contributed by atoms with Crippen LogP contribution in [-0.4, -0.2) is 22.8 Å². The number of aliphatic carboxylic acids is 1. The molecule has 0 spiro atoms. The van der Waals surface area contributed by atoms with E-state index in [0.29, 0.717) is 5.75 Å². The number of nitrogens with one attached hydrogen (secondary N) is 1. The van der Waals surface area contributed by atoms with Crippen molar-refractivity contribution >= 4 is 17.7 Å². The molecule has 0 amide bonds. The number of hydrogen-bond acceptors (Lipinski definition) is 4. The summed E-state index contributed by atoms with van der Waals surface area (Å²) in [5, 5.41) is 16.0. The second kappa shape index (κ2) is 5.79. The molecule has 0 aromatic heterocycles. The zero-order valence-electron chi connectivity index (χ0n) is 9.34. The van der Waals surface area contributed by atoms with Gasteiger partial charge in [-0.2, -0.15) is 0 Å². The highest BCUT2D eigenvalue weighted by molar-refractivity contribution is 6.38. The predicted molar refractivity (Wildman–Crippen MR) is 61.2 cm³/mol. The second-order valence-electron chi connectivity index (χ2n) is 3.41. The molecule has 2 N–H and O–H groups in total. The zero-order chi connectivity index (χ0) is 12.8. The number of carbonyl (C=O) groups is 2. The van der Waals surface area contributed by atoms with Gasteiger partial charge in [0.25, 0.3) is 0 Å². The number of para-hydroxylation sites is 1. The van der Waals surface area contributed by atoms with Crippen LogP contribution in [0.25, 0.3) is 0 Å². The molecule has 0 bridgehead atoms. The van der Waals surface area contributed by atoms with Gasteiger partial charge in [-0.25, -0.2) is 4.79 Å². The summed E-state index contributed by atoms with van der Waals surface area (Å²) < 4.78 is 5.00. The lowest BCUT2D eigenvalue weighted by Gasteiger charge is -2.12. The first-order chi connectivity index (χ1) is 8.06. The summed E-state index contributed by atoms with van der Waals surface area (Å²) in [6, 6.07) is 8.36. The first kappa shape index (κ1) is 12.9. The summed E-state index contributed by atoms with van der Waals surface area (Å²) >= 11 is 0. The minimum atomic E-state index is -1.40. The molecule has 0 saturated carbocycles. The van der Waals surface area contributed by atoms with Gasteiger partial charge < -0.3 is 9.84 Å². The fourth-order valence-corrected chi connectivity index (χ4v) is 1.31. The predicted octanol–water partition coefficient (Wildman–Crippen LogP) is 1.72. The average Bonchev–Trinajstić information content (AvgIpc) is 2.30. The third-order valence-electron chi connectivity index (χ3n) is 2.23. The van der Waals surface area contributed by atoms with Crippen molar-refractivity contribution in [3.63, 3.8) is 0 Å². The summed E-state index contributed by atoms with van der Waals surface area (Å²) in [6.07, 6.45) is 0.219. The van der Waals surface area contributed by atoms with E-state index in [-0.39, 0.29) is 6.42 Å². The average molecular weight is 235 g/mol. The minimum Gasteiger partial charge on any atom is -0.477 e. The maximum Gasteiger partial charge on any atom is 0.350 e. The normalized spacial score (nSPS) is 11.6. The molecule has 0 aliphatic carbocycles. The Morgan fingerprint density at radius 3 is 2.41 bits per heavy atom. The standard InChI is InChI=1S/C12H13NO4/c1-2-9(10(13)11(14)15)12(16)17-8-6-4-3-5-7-8/h3-7,9,13H,2H2,1H3,(H,14,15). The SMILES string of the molecule is CCC(C(=N)C(=O)O)C(=O)Oc1ccccc1. The Kier molecular flexibility index (Phi) is 4.39. The van der Waals surface area contributed by atoms with Crippen LogP contribution in [0.3, 0.4) is 0 Å². The Bertz CT molecular complexity index is 427. The molecule has 1 aromatic rings. The summed E-state index contributed by atoms with van der Waals surface area (Å²) in [5.74, 6) is -2.81. The van der Waals surface area contributed by atoms with Gasteiger partial charge in [0.05, 0.1) is 0 Å². The Morgan fingerprint density at radius 1 is 1.35 bits per heavy atom. The topological polar surface area (TPSA) is 87.5 Å². The Hall–Kier alpha value is -2.17. The van der Waals surface area contributed by atoms with Crippen LogP contribution >= 0.6 is 0 Å². The molecular formula is C12H13NO4. The van der Waals surface area contributed by atoms with Crippen molar-refractivity contribution in [2.45, 2.75) is 13.3 Å². The van der Waals surface area contributed by atoms with E-state index in [9.17, 15) is 9.59 Å². The van der Waals surface area contributed by atoms with Crippen LogP contribution in [0.5, 0.6) is 5.75 Å². The van der Waals surface area contributed by atoms with Gasteiger partial charge in [-0.3, -0.25) is 10.2 Å². The number of carboxylic acid groups (broad SMARTS) is 1. The van der Waals surface area contributed by atoms with Crippen molar-refractivity contribution in [1.29, 1.82) is 5.41 Å². The molecule has 5 heteroatoms. The number of carboxylic acids is 1. The molecule has 0 aliphatic heterocycles. The number of hydrogen-bond donors (Lipinski definition) is 2. The van der Waals surface area contributed by atoms with E-state index >= 15 is 0 Å². The summed E-state index contributed by atoms with van der Waals surface area (Å²) in [6.45, 7) is 1.63. The molecule has 0 aliphatic rings. The number of esters is 1.